The van der Waals surface area contributed by atoms with E-state index in [1.807, 2.05) is 6.92 Å². The van der Waals surface area contributed by atoms with Crippen molar-refractivity contribution in [2.75, 3.05) is 31.2 Å². The highest BCUT2D eigenvalue weighted by Crippen LogP contribution is 2.04. The molecule has 1 atom stereocenters. The molecule has 0 aliphatic heterocycles. The summed E-state index contributed by atoms with van der Waals surface area (Å²) in [6.45, 7) is 7.03. The zero-order valence-electron chi connectivity index (χ0n) is 12.3. The lowest BCUT2D eigenvalue weighted by atomic mass is 10.5. The average molecular weight is 318 g/mol. The van der Waals surface area contributed by atoms with Gasteiger partial charge in [0.25, 0.3) is 0 Å². The van der Waals surface area contributed by atoms with Crippen molar-refractivity contribution < 1.29 is 23.9 Å². The number of urea groups is 1. The molecule has 2 amide bonds. The van der Waals surface area contributed by atoms with Gasteiger partial charge in [0.2, 0.25) is 0 Å². The van der Waals surface area contributed by atoms with Crippen molar-refractivity contribution in [1.29, 1.82) is 0 Å². The van der Waals surface area contributed by atoms with Crippen molar-refractivity contribution in [2.24, 2.45) is 0 Å². The van der Waals surface area contributed by atoms with Gasteiger partial charge in [-0.05, 0) is 12.7 Å². The van der Waals surface area contributed by atoms with Gasteiger partial charge < -0.3 is 20.1 Å². The number of ether oxygens (including phenoxy) is 2. The van der Waals surface area contributed by atoms with Gasteiger partial charge in [-0.25, -0.2) is 9.59 Å². The first-order valence-corrected chi connectivity index (χ1v) is 7.73. The molecule has 120 valence electrons. The minimum absolute atomic E-state index is 0.0357. The molecule has 21 heavy (non-hydrogen) atoms. The Labute approximate surface area is 128 Å². The Balaban J connectivity index is 3.65. The van der Waals surface area contributed by atoms with E-state index >= 15 is 0 Å². The lowest BCUT2D eigenvalue weighted by Gasteiger charge is -2.13. The monoisotopic (exact) mass is 318 g/mol. The molecule has 0 saturated heterocycles. The number of nitrogens with one attached hydrogen (secondary N) is 2. The summed E-state index contributed by atoms with van der Waals surface area (Å²) >= 11 is 1.67. The summed E-state index contributed by atoms with van der Waals surface area (Å²) in [5.41, 5.74) is 0. The molecular weight excluding hydrogens is 296 g/mol. The van der Waals surface area contributed by atoms with Gasteiger partial charge in [0.05, 0.1) is 6.54 Å². The predicted molar refractivity (Wildman–Crippen MR) is 81.1 cm³/mol. The second-order valence-electron chi connectivity index (χ2n) is 3.94. The highest BCUT2D eigenvalue weighted by molar-refractivity contribution is 7.99. The SMILES string of the molecule is C=CC(=O)OCCNC(=O)NCC(=O)OC(C)CSCC. The maximum Gasteiger partial charge on any atom is 0.330 e. The van der Waals surface area contributed by atoms with Crippen LogP contribution >= 0.6 is 11.8 Å². The van der Waals surface area contributed by atoms with E-state index in [1.165, 1.54) is 0 Å². The van der Waals surface area contributed by atoms with E-state index < -0.39 is 18.0 Å². The molecule has 0 spiro atoms. The summed E-state index contributed by atoms with van der Waals surface area (Å²) in [5, 5.41) is 4.79. The second-order valence-corrected chi connectivity index (χ2v) is 5.26. The molecule has 7 nitrogen and oxygen atoms in total. The first kappa shape index (κ1) is 19.3. The predicted octanol–water partition coefficient (Wildman–Crippen LogP) is 0.700. The van der Waals surface area contributed by atoms with Crippen LogP contribution in [0.5, 0.6) is 0 Å². The molecule has 0 bridgehead atoms. The van der Waals surface area contributed by atoms with E-state index in [-0.39, 0.29) is 25.8 Å². The molecule has 0 aromatic carbocycles. The quantitative estimate of drug-likeness (QED) is 0.350. The Morgan fingerprint density at radius 3 is 2.67 bits per heavy atom. The first-order valence-electron chi connectivity index (χ1n) is 6.57. The zero-order chi connectivity index (χ0) is 16.1. The molecule has 0 fully saturated rings. The molecule has 0 rings (SSSR count). The standard InChI is InChI=1S/C13H22N2O5S/c1-4-11(16)19-7-6-14-13(18)15-8-12(17)20-10(3)9-21-5-2/h4,10H,1,5-9H2,2-3H3,(H2,14,15,18). The molecule has 0 saturated carbocycles. The van der Waals surface area contributed by atoms with E-state index in [0.717, 1.165) is 17.6 Å². The molecular formula is C13H22N2O5S. The number of thioether (sulfide) groups is 1. The summed E-state index contributed by atoms with van der Waals surface area (Å²) in [5.74, 6) is 0.634. The zero-order valence-corrected chi connectivity index (χ0v) is 13.2. The minimum atomic E-state index is -0.556. The fourth-order valence-electron chi connectivity index (χ4n) is 1.17. The van der Waals surface area contributed by atoms with E-state index in [4.69, 9.17) is 4.74 Å². The number of hydrogen-bond donors (Lipinski definition) is 2. The Morgan fingerprint density at radius 2 is 2.05 bits per heavy atom. The number of esters is 2. The third kappa shape index (κ3) is 11.8. The third-order valence-electron chi connectivity index (χ3n) is 2.08. The number of carbonyl (C=O) groups is 3. The first-order chi connectivity index (χ1) is 9.99. The average Bonchev–Trinajstić information content (AvgIpc) is 2.47. The van der Waals surface area contributed by atoms with E-state index in [1.54, 1.807) is 18.7 Å². The van der Waals surface area contributed by atoms with E-state index in [9.17, 15) is 14.4 Å². The Bertz CT molecular complexity index is 362. The maximum absolute atomic E-state index is 11.4. The topological polar surface area (TPSA) is 93.7 Å². The van der Waals surface area contributed by atoms with Crippen LogP contribution in [-0.2, 0) is 19.1 Å². The van der Waals surface area contributed by atoms with Gasteiger partial charge in [-0.1, -0.05) is 13.5 Å². The van der Waals surface area contributed by atoms with Gasteiger partial charge in [-0.2, -0.15) is 11.8 Å². The van der Waals surface area contributed by atoms with Crippen LogP contribution in [0.2, 0.25) is 0 Å². The summed E-state index contributed by atoms with van der Waals surface area (Å²) < 4.78 is 9.76. The second kappa shape index (κ2) is 12.1. The van der Waals surface area contributed by atoms with Gasteiger partial charge in [-0.15, -0.1) is 0 Å². The summed E-state index contributed by atoms with van der Waals surface area (Å²) in [7, 11) is 0. The van der Waals surface area contributed by atoms with Crippen molar-refractivity contribution in [2.45, 2.75) is 20.0 Å². The number of carbonyl (C=O) groups excluding carboxylic acids is 3. The van der Waals surface area contributed by atoms with E-state index in [2.05, 4.69) is 21.9 Å². The van der Waals surface area contributed by atoms with Crippen LogP contribution in [0.15, 0.2) is 12.7 Å². The van der Waals surface area contributed by atoms with Crippen molar-refractivity contribution >= 4 is 29.7 Å². The molecule has 0 aromatic rings. The van der Waals surface area contributed by atoms with Gasteiger partial charge >= 0.3 is 18.0 Å². The highest BCUT2D eigenvalue weighted by atomic mass is 32.2. The fourth-order valence-corrected chi connectivity index (χ4v) is 1.81. The van der Waals surface area contributed by atoms with Crippen molar-refractivity contribution in [3.05, 3.63) is 12.7 Å². The van der Waals surface area contributed by atoms with Crippen LogP contribution in [-0.4, -0.2) is 55.3 Å². The van der Waals surface area contributed by atoms with Crippen LogP contribution in [0.3, 0.4) is 0 Å². The number of hydrogen-bond acceptors (Lipinski definition) is 6. The smallest absolute Gasteiger partial charge is 0.330 e. The van der Waals surface area contributed by atoms with Gasteiger partial charge in [0.15, 0.2) is 0 Å². The van der Waals surface area contributed by atoms with Crippen LogP contribution in [0.4, 0.5) is 4.79 Å². The number of rotatable bonds is 10. The summed E-state index contributed by atoms with van der Waals surface area (Å²) in [4.78, 5) is 33.5. The largest absolute Gasteiger partial charge is 0.461 e. The fraction of sp³-hybridized carbons (Fsp3) is 0.615. The minimum Gasteiger partial charge on any atom is -0.461 e. The molecule has 2 N–H and O–H groups in total. The summed E-state index contributed by atoms with van der Waals surface area (Å²) in [6, 6.07) is -0.530. The number of amides is 2. The highest BCUT2D eigenvalue weighted by Gasteiger charge is 2.10. The Morgan fingerprint density at radius 1 is 1.33 bits per heavy atom. The molecule has 0 aliphatic rings. The molecule has 0 aromatic heterocycles. The van der Waals surface area contributed by atoms with Gasteiger partial charge in [0, 0.05) is 11.8 Å². The molecule has 0 heterocycles. The lowest BCUT2D eigenvalue weighted by Crippen LogP contribution is -2.41. The van der Waals surface area contributed by atoms with Crippen LogP contribution in [0, 0.1) is 0 Å². The van der Waals surface area contributed by atoms with Crippen LogP contribution in [0.25, 0.3) is 0 Å². The molecule has 1 unspecified atom stereocenters. The molecule has 0 radical (unpaired) electrons. The molecule has 0 aliphatic carbocycles. The van der Waals surface area contributed by atoms with Gasteiger partial charge in [0.1, 0.15) is 19.3 Å². The van der Waals surface area contributed by atoms with Crippen molar-refractivity contribution in [1.82, 2.24) is 10.6 Å². The Kier molecular flexibility index (Phi) is 11.1. The molecule has 8 heteroatoms. The van der Waals surface area contributed by atoms with Crippen molar-refractivity contribution in [3.63, 3.8) is 0 Å². The maximum atomic E-state index is 11.4. The van der Waals surface area contributed by atoms with E-state index in [0.29, 0.717) is 0 Å². The van der Waals surface area contributed by atoms with Gasteiger partial charge in [-0.3, -0.25) is 4.79 Å². The Hall–Kier alpha value is -1.70. The van der Waals surface area contributed by atoms with Crippen LogP contribution < -0.4 is 10.6 Å². The summed E-state index contributed by atoms with van der Waals surface area (Å²) in [6.07, 6.45) is 0.847. The third-order valence-corrected chi connectivity index (χ3v) is 3.19. The van der Waals surface area contributed by atoms with Crippen LogP contribution in [0.1, 0.15) is 13.8 Å². The lowest BCUT2D eigenvalue weighted by molar-refractivity contribution is -0.145. The normalized spacial score (nSPS) is 11.1. The van der Waals surface area contributed by atoms with Crippen molar-refractivity contribution in [3.8, 4) is 0 Å².